The maximum atomic E-state index is 11.8. The molecule has 0 amide bonds. The number of ether oxygens (including phenoxy) is 1. The summed E-state index contributed by atoms with van der Waals surface area (Å²) >= 11 is 0. The smallest absolute Gasteiger partial charge is 0.295 e. The molecule has 6 nitrogen and oxygen atoms in total. The van der Waals surface area contributed by atoms with E-state index in [-0.39, 0.29) is 17.9 Å². The van der Waals surface area contributed by atoms with E-state index in [4.69, 9.17) is 4.74 Å². The second-order valence-electron chi connectivity index (χ2n) is 4.80. The van der Waals surface area contributed by atoms with Crippen molar-refractivity contribution in [3.8, 4) is 5.75 Å². The zero-order chi connectivity index (χ0) is 13.7. The number of hydrogen-bond donors (Lipinski definition) is 2. The van der Waals surface area contributed by atoms with Crippen molar-refractivity contribution in [2.24, 2.45) is 0 Å². The van der Waals surface area contributed by atoms with Crippen LogP contribution in [0.5, 0.6) is 5.75 Å². The van der Waals surface area contributed by atoms with E-state index < -0.39 is 0 Å². The second kappa shape index (κ2) is 6.56. The maximum Gasteiger partial charge on any atom is 0.295 e. The fourth-order valence-electron chi connectivity index (χ4n) is 2.73. The number of nitrogens with zero attached hydrogens (tertiary/aromatic N) is 2. The Morgan fingerprint density at radius 3 is 2.84 bits per heavy atom. The molecule has 0 aliphatic heterocycles. The molecule has 0 atom stereocenters. The SMILES string of the molecule is COc1c(N(CCO)C2CCCCC2)nc[nH]c1=O. The summed E-state index contributed by atoms with van der Waals surface area (Å²) < 4.78 is 5.16. The van der Waals surface area contributed by atoms with Crippen LogP contribution >= 0.6 is 0 Å². The van der Waals surface area contributed by atoms with Gasteiger partial charge in [-0.15, -0.1) is 0 Å². The Balaban J connectivity index is 2.32. The molecule has 1 aromatic rings. The quantitative estimate of drug-likeness (QED) is 0.829. The normalized spacial score (nSPS) is 16.3. The summed E-state index contributed by atoms with van der Waals surface area (Å²) in [5.74, 6) is 0.758. The van der Waals surface area contributed by atoms with Gasteiger partial charge in [0.1, 0.15) is 0 Å². The number of aromatic nitrogens is 2. The number of methoxy groups -OCH3 is 1. The third-order valence-electron chi connectivity index (χ3n) is 3.62. The Hall–Kier alpha value is -1.56. The highest BCUT2D eigenvalue weighted by Crippen LogP contribution is 2.29. The van der Waals surface area contributed by atoms with Crippen LogP contribution in [0, 0.1) is 0 Å². The van der Waals surface area contributed by atoms with Crippen LogP contribution in [0.1, 0.15) is 32.1 Å². The predicted octanol–water partition coefficient (Wildman–Crippen LogP) is 0.910. The Labute approximate surface area is 112 Å². The summed E-state index contributed by atoms with van der Waals surface area (Å²) in [5, 5.41) is 9.27. The molecule has 19 heavy (non-hydrogen) atoms. The molecule has 106 valence electrons. The Bertz CT molecular complexity index is 455. The van der Waals surface area contributed by atoms with Crippen LogP contribution in [0.15, 0.2) is 11.1 Å². The number of H-pyrrole nitrogens is 1. The third-order valence-corrected chi connectivity index (χ3v) is 3.62. The molecule has 1 saturated carbocycles. The highest BCUT2D eigenvalue weighted by atomic mass is 16.5. The van der Waals surface area contributed by atoms with Crippen molar-refractivity contribution in [1.29, 1.82) is 0 Å². The zero-order valence-electron chi connectivity index (χ0n) is 11.3. The second-order valence-corrected chi connectivity index (χ2v) is 4.80. The summed E-state index contributed by atoms with van der Waals surface area (Å²) in [6.07, 6.45) is 7.13. The van der Waals surface area contributed by atoms with Crippen LogP contribution in [0.2, 0.25) is 0 Å². The van der Waals surface area contributed by atoms with E-state index in [1.165, 1.54) is 32.7 Å². The first-order valence-electron chi connectivity index (χ1n) is 6.77. The lowest BCUT2D eigenvalue weighted by Gasteiger charge is -2.35. The van der Waals surface area contributed by atoms with Gasteiger partial charge in [-0.2, -0.15) is 0 Å². The average Bonchev–Trinajstić information content (AvgIpc) is 2.45. The Morgan fingerprint density at radius 1 is 1.47 bits per heavy atom. The average molecular weight is 267 g/mol. The summed E-state index contributed by atoms with van der Waals surface area (Å²) in [5.41, 5.74) is -0.286. The van der Waals surface area contributed by atoms with E-state index in [9.17, 15) is 9.90 Å². The van der Waals surface area contributed by atoms with Crippen molar-refractivity contribution in [3.63, 3.8) is 0 Å². The van der Waals surface area contributed by atoms with Crippen LogP contribution in [-0.4, -0.2) is 41.4 Å². The van der Waals surface area contributed by atoms with Crippen molar-refractivity contribution in [2.45, 2.75) is 38.1 Å². The van der Waals surface area contributed by atoms with E-state index in [0.717, 1.165) is 12.8 Å². The van der Waals surface area contributed by atoms with Crippen molar-refractivity contribution < 1.29 is 9.84 Å². The monoisotopic (exact) mass is 267 g/mol. The van der Waals surface area contributed by atoms with Crippen molar-refractivity contribution in [3.05, 3.63) is 16.7 Å². The van der Waals surface area contributed by atoms with Gasteiger partial charge < -0.3 is 19.7 Å². The zero-order valence-corrected chi connectivity index (χ0v) is 11.3. The first-order valence-corrected chi connectivity index (χ1v) is 6.77. The van der Waals surface area contributed by atoms with Crippen LogP contribution in [0.25, 0.3) is 0 Å². The molecule has 1 aliphatic carbocycles. The minimum atomic E-state index is -0.286. The van der Waals surface area contributed by atoms with Crippen LogP contribution in [0.4, 0.5) is 5.82 Å². The molecule has 0 spiro atoms. The van der Waals surface area contributed by atoms with Gasteiger partial charge in [0, 0.05) is 12.6 Å². The molecule has 0 aromatic carbocycles. The number of aliphatic hydroxyl groups is 1. The number of rotatable bonds is 5. The molecule has 6 heteroatoms. The number of hydrogen-bond acceptors (Lipinski definition) is 5. The molecule has 0 bridgehead atoms. The fourth-order valence-corrected chi connectivity index (χ4v) is 2.73. The van der Waals surface area contributed by atoms with Gasteiger partial charge in [-0.05, 0) is 12.8 Å². The van der Waals surface area contributed by atoms with Gasteiger partial charge in [-0.25, -0.2) is 4.98 Å². The number of aliphatic hydroxyl groups excluding tert-OH is 1. The van der Waals surface area contributed by atoms with Gasteiger partial charge in [0.05, 0.1) is 20.0 Å². The molecule has 1 heterocycles. The van der Waals surface area contributed by atoms with Gasteiger partial charge in [0.15, 0.2) is 5.82 Å². The summed E-state index contributed by atoms with van der Waals surface area (Å²) in [4.78, 5) is 20.5. The van der Waals surface area contributed by atoms with E-state index in [1.54, 1.807) is 0 Å². The van der Waals surface area contributed by atoms with Gasteiger partial charge >= 0.3 is 0 Å². The van der Waals surface area contributed by atoms with Gasteiger partial charge in [-0.3, -0.25) is 4.79 Å². The molecule has 1 fully saturated rings. The highest BCUT2D eigenvalue weighted by Gasteiger charge is 2.25. The molecule has 0 unspecified atom stereocenters. The molecule has 0 saturated heterocycles. The lowest BCUT2D eigenvalue weighted by molar-refractivity contribution is 0.288. The summed E-state index contributed by atoms with van der Waals surface area (Å²) in [6, 6.07) is 0.323. The number of aromatic amines is 1. The Kier molecular flexibility index (Phi) is 4.79. The predicted molar refractivity (Wildman–Crippen MR) is 72.7 cm³/mol. The van der Waals surface area contributed by atoms with E-state index in [1.807, 2.05) is 4.90 Å². The highest BCUT2D eigenvalue weighted by molar-refractivity contribution is 5.51. The molecule has 2 N–H and O–H groups in total. The molecule has 0 radical (unpaired) electrons. The van der Waals surface area contributed by atoms with Crippen molar-refractivity contribution in [1.82, 2.24) is 9.97 Å². The van der Waals surface area contributed by atoms with Crippen molar-refractivity contribution >= 4 is 5.82 Å². The lowest BCUT2D eigenvalue weighted by Crippen LogP contribution is -2.40. The lowest BCUT2D eigenvalue weighted by atomic mass is 9.94. The largest absolute Gasteiger partial charge is 0.489 e. The molecule has 1 aromatic heterocycles. The number of anilines is 1. The standard InChI is InChI=1S/C13H21N3O3/c1-19-11-12(14-9-15-13(11)18)16(7-8-17)10-5-3-2-4-6-10/h9-10,17H,2-8H2,1H3,(H,14,15,18). The molecule has 2 rings (SSSR count). The minimum absolute atomic E-state index is 0.0358. The third kappa shape index (κ3) is 3.07. The number of nitrogens with one attached hydrogen (secondary N) is 1. The topological polar surface area (TPSA) is 78.5 Å². The first-order chi connectivity index (χ1) is 9.27. The fraction of sp³-hybridized carbons (Fsp3) is 0.692. The van der Waals surface area contributed by atoms with E-state index in [0.29, 0.717) is 18.4 Å². The van der Waals surface area contributed by atoms with E-state index in [2.05, 4.69) is 9.97 Å². The van der Waals surface area contributed by atoms with Crippen LogP contribution in [0.3, 0.4) is 0 Å². The van der Waals surface area contributed by atoms with Crippen LogP contribution < -0.4 is 15.2 Å². The van der Waals surface area contributed by atoms with Gasteiger partial charge in [0.2, 0.25) is 5.75 Å². The first kappa shape index (κ1) is 13.9. The molecule has 1 aliphatic rings. The summed E-state index contributed by atoms with van der Waals surface area (Å²) in [7, 11) is 1.47. The van der Waals surface area contributed by atoms with E-state index >= 15 is 0 Å². The van der Waals surface area contributed by atoms with Crippen molar-refractivity contribution in [2.75, 3.05) is 25.2 Å². The molecular weight excluding hydrogens is 246 g/mol. The molecular formula is C13H21N3O3. The maximum absolute atomic E-state index is 11.8. The van der Waals surface area contributed by atoms with Gasteiger partial charge in [-0.1, -0.05) is 19.3 Å². The summed E-state index contributed by atoms with van der Waals surface area (Å²) in [6.45, 7) is 0.506. The Morgan fingerprint density at radius 2 is 2.21 bits per heavy atom. The van der Waals surface area contributed by atoms with Gasteiger partial charge in [0.25, 0.3) is 5.56 Å². The minimum Gasteiger partial charge on any atom is -0.489 e. The van der Waals surface area contributed by atoms with Crippen LogP contribution in [-0.2, 0) is 0 Å².